The molecule has 2 rings (SSSR count). The molecule has 1 aromatic heterocycles. The maximum atomic E-state index is 13.2. The van der Waals surface area contributed by atoms with Gasteiger partial charge < -0.3 is 5.11 Å². The van der Waals surface area contributed by atoms with Gasteiger partial charge in [0, 0.05) is 15.1 Å². The van der Waals surface area contributed by atoms with E-state index in [0.717, 1.165) is 4.47 Å². The molecule has 20 heavy (non-hydrogen) atoms. The van der Waals surface area contributed by atoms with E-state index in [4.69, 9.17) is 0 Å². The molecule has 1 atom stereocenters. The summed E-state index contributed by atoms with van der Waals surface area (Å²) in [6.07, 6.45) is 1.72. The van der Waals surface area contributed by atoms with Crippen molar-refractivity contribution in [3.63, 3.8) is 0 Å². The molecule has 0 aliphatic heterocycles. The van der Waals surface area contributed by atoms with Crippen LogP contribution in [-0.2, 0) is 11.2 Å². The van der Waals surface area contributed by atoms with Crippen molar-refractivity contribution in [3.05, 3.63) is 62.5 Å². The molecule has 1 unspecified atom stereocenters. The maximum absolute atomic E-state index is 13.2. The number of hydrogen-bond acceptors (Lipinski definition) is 2. The molecule has 0 bridgehead atoms. The van der Waals surface area contributed by atoms with E-state index < -0.39 is 11.9 Å². The van der Waals surface area contributed by atoms with Crippen LogP contribution >= 0.6 is 31.9 Å². The summed E-state index contributed by atoms with van der Waals surface area (Å²) in [6, 6.07) is 7.67. The summed E-state index contributed by atoms with van der Waals surface area (Å²) in [5.74, 6) is -2.21. The van der Waals surface area contributed by atoms with Gasteiger partial charge in [-0.3, -0.25) is 9.78 Å². The Morgan fingerprint density at radius 2 is 2.10 bits per heavy atom. The van der Waals surface area contributed by atoms with Crippen molar-refractivity contribution in [3.8, 4) is 0 Å². The number of benzene rings is 1. The zero-order valence-electron chi connectivity index (χ0n) is 10.2. The lowest BCUT2D eigenvalue weighted by atomic mass is 9.96. The normalized spacial score (nSPS) is 12.2. The molecule has 0 aliphatic rings. The first-order valence-electron chi connectivity index (χ1n) is 5.75. The molecule has 1 aromatic carbocycles. The van der Waals surface area contributed by atoms with Crippen molar-refractivity contribution in [2.75, 3.05) is 0 Å². The van der Waals surface area contributed by atoms with E-state index in [2.05, 4.69) is 36.8 Å². The van der Waals surface area contributed by atoms with Gasteiger partial charge >= 0.3 is 5.97 Å². The number of nitrogens with zero attached hydrogens (tertiary/aromatic N) is 1. The third kappa shape index (κ3) is 3.64. The van der Waals surface area contributed by atoms with Crippen LogP contribution in [0.1, 0.15) is 17.2 Å². The Labute approximate surface area is 132 Å². The van der Waals surface area contributed by atoms with Crippen LogP contribution in [0.2, 0.25) is 0 Å². The molecule has 0 fully saturated rings. The highest BCUT2D eigenvalue weighted by Crippen LogP contribution is 2.28. The first kappa shape index (κ1) is 15.1. The van der Waals surface area contributed by atoms with Gasteiger partial charge in [0.25, 0.3) is 0 Å². The summed E-state index contributed by atoms with van der Waals surface area (Å²) < 4.78 is 14.5. The van der Waals surface area contributed by atoms with Crippen LogP contribution < -0.4 is 0 Å². The summed E-state index contributed by atoms with van der Waals surface area (Å²) >= 11 is 6.58. The van der Waals surface area contributed by atoms with Gasteiger partial charge in [-0.2, -0.15) is 0 Å². The van der Waals surface area contributed by atoms with Crippen LogP contribution in [-0.4, -0.2) is 16.1 Å². The SMILES string of the molecule is O=C(O)C(Cc1cccc(F)c1)c1ncc(Br)cc1Br. The van der Waals surface area contributed by atoms with Gasteiger partial charge in [-0.05, 0) is 62.0 Å². The summed E-state index contributed by atoms with van der Waals surface area (Å²) in [4.78, 5) is 15.6. The fraction of sp³-hybridized carbons (Fsp3) is 0.143. The third-order valence-corrected chi connectivity index (χ3v) is 3.86. The lowest BCUT2D eigenvalue weighted by molar-refractivity contribution is -0.138. The molecule has 1 N–H and O–H groups in total. The fourth-order valence-corrected chi connectivity index (χ4v) is 3.15. The lowest BCUT2D eigenvalue weighted by Crippen LogP contribution is -2.16. The summed E-state index contributed by atoms with van der Waals surface area (Å²) in [7, 11) is 0. The van der Waals surface area contributed by atoms with Gasteiger partial charge in [0.1, 0.15) is 11.7 Å². The van der Waals surface area contributed by atoms with E-state index in [0.29, 0.717) is 15.7 Å². The molecule has 0 saturated heterocycles. The highest BCUT2D eigenvalue weighted by molar-refractivity contribution is 9.11. The second kappa shape index (κ2) is 6.45. The molecule has 104 valence electrons. The molecule has 3 nitrogen and oxygen atoms in total. The Bertz CT molecular complexity index is 649. The minimum Gasteiger partial charge on any atom is -0.481 e. The minimum atomic E-state index is -0.996. The first-order valence-corrected chi connectivity index (χ1v) is 7.34. The number of hydrogen-bond donors (Lipinski definition) is 1. The zero-order valence-corrected chi connectivity index (χ0v) is 13.4. The molecule has 1 heterocycles. The first-order chi connectivity index (χ1) is 9.47. The monoisotopic (exact) mass is 401 g/mol. The van der Waals surface area contributed by atoms with E-state index in [1.807, 2.05) is 0 Å². The van der Waals surface area contributed by atoms with E-state index >= 15 is 0 Å². The smallest absolute Gasteiger partial charge is 0.312 e. The van der Waals surface area contributed by atoms with Gasteiger partial charge in [0.05, 0.1) is 5.69 Å². The van der Waals surface area contributed by atoms with Gasteiger partial charge in [-0.25, -0.2) is 4.39 Å². The predicted molar refractivity (Wildman–Crippen MR) is 80.1 cm³/mol. The number of carbonyl (C=O) groups is 1. The molecule has 2 aromatic rings. The van der Waals surface area contributed by atoms with Crippen LogP contribution in [0.5, 0.6) is 0 Å². The Hall–Kier alpha value is -1.27. The zero-order chi connectivity index (χ0) is 14.7. The van der Waals surface area contributed by atoms with Gasteiger partial charge in [0.2, 0.25) is 0 Å². The van der Waals surface area contributed by atoms with E-state index in [1.54, 1.807) is 24.4 Å². The lowest BCUT2D eigenvalue weighted by Gasteiger charge is -2.14. The Balaban J connectivity index is 2.34. The van der Waals surface area contributed by atoms with Crippen molar-refractivity contribution in [2.24, 2.45) is 0 Å². The van der Waals surface area contributed by atoms with Crippen molar-refractivity contribution in [1.82, 2.24) is 4.98 Å². The number of carboxylic acids is 1. The number of rotatable bonds is 4. The summed E-state index contributed by atoms with van der Waals surface area (Å²) in [5.41, 5.74) is 1.04. The minimum absolute atomic E-state index is 0.181. The number of carboxylic acid groups (broad SMARTS) is 1. The van der Waals surface area contributed by atoms with Crippen molar-refractivity contribution in [2.45, 2.75) is 12.3 Å². The van der Waals surface area contributed by atoms with Gasteiger partial charge in [0.15, 0.2) is 0 Å². The Kier molecular flexibility index (Phi) is 4.88. The fourth-order valence-electron chi connectivity index (χ4n) is 1.88. The maximum Gasteiger partial charge on any atom is 0.312 e. The second-order valence-electron chi connectivity index (χ2n) is 4.25. The van der Waals surface area contributed by atoms with E-state index in [-0.39, 0.29) is 12.2 Å². The van der Waals surface area contributed by atoms with Gasteiger partial charge in [-0.15, -0.1) is 0 Å². The highest BCUT2D eigenvalue weighted by Gasteiger charge is 2.24. The largest absolute Gasteiger partial charge is 0.481 e. The molecular formula is C14H10Br2FNO2. The van der Waals surface area contributed by atoms with Crippen LogP contribution in [0.3, 0.4) is 0 Å². The topological polar surface area (TPSA) is 50.2 Å². The third-order valence-electron chi connectivity index (χ3n) is 2.79. The average Bonchev–Trinajstić information content (AvgIpc) is 2.36. The van der Waals surface area contributed by atoms with Crippen molar-refractivity contribution in [1.29, 1.82) is 0 Å². The number of aromatic nitrogens is 1. The van der Waals surface area contributed by atoms with Crippen molar-refractivity contribution < 1.29 is 14.3 Å². The molecular weight excluding hydrogens is 393 g/mol. The van der Waals surface area contributed by atoms with Crippen molar-refractivity contribution >= 4 is 37.8 Å². The predicted octanol–water partition coefficient (Wildman–Crippen LogP) is 4.16. The molecule has 0 saturated carbocycles. The molecule has 0 radical (unpaired) electrons. The van der Waals surface area contributed by atoms with E-state index in [9.17, 15) is 14.3 Å². The van der Waals surface area contributed by atoms with Crippen LogP contribution in [0.25, 0.3) is 0 Å². The molecule has 0 aliphatic carbocycles. The van der Waals surface area contributed by atoms with Crippen LogP contribution in [0.4, 0.5) is 4.39 Å². The van der Waals surface area contributed by atoms with Gasteiger partial charge in [-0.1, -0.05) is 12.1 Å². The van der Waals surface area contributed by atoms with E-state index in [1.165, 1.54) is 12.1 Å². The molecule has 0 amide bonds. The number of pyridine rings is 1. The number of halogens is 3. The summed E-state index contributed by atoms with van der Waals surface area (Å²) in [6.45, 7) is 0. The average molecular weight is 403 g/mol. The Morgan fingerprint density at radius 1 is 1.35 bits per heavy atom. The standard InChI is InChI=1S/C14H10Br2FNO2/c15-9-6-12(16)13(18-7-9)11(14(19)20)5-8-2-1-3-10(17)4-8/h1-4,6-7,11H,5H2,(H,19,20). The molecule has 6 heteroatoms. The summed E-state index contributed by atoms with van der Waals surface area (Å²) in [5, 5.41) is 9.38. The van der Waals surface area contributed by atoms with Crippen LogP contribution in [0.15, 0.2) is 45.5 Å². The van der Waals surface area contributed by atoms with Crippen LogP contribution in [0, 0.1) is 5.82 Å². The molecule has 0 spiro atoms. The second-order valence-corrected chi connectivity index (χ2v) is 6.02. The number of aliphatic carboxylic acids is 1. The highest BCUT2D eigenvalue weighted by atomic mass is 79.9. The Morgan fingerprint density at radius 3 is 2.70 bits per heavy atom. The quantitative estimate of drug-likeness (QED) is 0.835.